The summed E-state index contributed by atoms with van der Waals surface area (Å²) in [4.78, 5) is 23.5. The maximum absolute atomic E-state index is 12.2. The normalized spacial score (nSPS) is 21.7. The summed E-state index contributed by atoms with van der Waals surface area (Å²) in [6.07, 6.45) is 3.89. The Morgan fingerprint density at radius 2 is 1.83 bits per heavy atom. The number of hydrogen-bond donors (Lipinski definition) is 0. The van der Waals surface area contributed by atoms with Gasteiger partial charge in [0.2, 0.25) is 5.76 Å². The molecule has 1 aliphatic rings. The Labute approximate surface area is 137 Å². The molecule has 1 aliphatic carbocycles. The van der Waals surface area contributed by atoms with Gasteiger partial charge in [0.15, 0.2) is 0 Å². The largest absolute Gasteiger partial charge is 0.463 e. The van der Waals surface area contributed by atoms with Gasteiger partial charge in [-0.3, -0.25) is 4.79 Å². The predicted octanol–water partition coefficient (Wildman–Crippen LogP) is 3.96. The lowest BCUT2D eigenvalue weighted by Crippen LogP contribution is -2.29. The minimum Gasteiger partial charge on any atom is -0.463 e. The molecular weight excluding hydrogens is 296 g/mol. The van der Waals surface area contributed by atoms with E-state index in [1.54, 1.807) is 6.07 Å². The van der Waals surface area contributed by atoms with E-state index in [2.05, 4.69) is 25.5 Å². The number of furan rings is 1. The third kappa shape index (κ3) is 4.60. The molecule has 128 valence electrons. The van der Waals surface area contributed by atoms with E-state index in [1.807, 2.05) is 0 Å². The van der Waals surface area contributed by atoms with Crippen molar-refractivity contribution in [1.29, 1.82) is 0 Å². The number of hydrogen-bond acceptors (Lipinski definition) is 5. The van der Waals surface area contributed by atoms with E-state index in [9.17, 15) is 9.59 Å². The first kappa shape index (κ1) is 17.6. The van der Waals surface area contributed by atoms with Gasteiger partial charge in [0.25, 0.3) is 0 Å². The van der Waals surface area contributed by atoms with E-state index in [0.29, 0.717) is 17.1 Å². The van der Waals surface area contributed by atoms with Gasteiger partial charge in [-0.05, 0) is 49.1 Å². The molecule has 2 rings (SSSR count). The summed E-state index contributed by atoms with van der Waals surface area (Å²) in [6, 6.07) is 3.14. The van der Waals surface area contributed by atoms with Crippen molar-refractivity contribution < 1.29 is 23.5 Å². The first-order valence-corrected chi connectivity index (χ1v) is 8.15. The Balaban J connectivity index is 1.80. The summed E-state index contributed by atoms with van der Waals surface area (Å²) in [7, 11) is 1.29. The molecular formula is C18H26O5. The number of carbonyl (C=O) groups is 2. The molecule has 0 aromatic carbocycles. The highest BCUT2D eigenvalue weighted by molar-refractivity contribution is 5.86. The highest BCUT2D eigenvalue weighted by Gasteiger charge is 2.33. The summed E-state index contributed by atoms with van der Waals surface area (Å²) in [6.45, 7) is 6.82. The van der Waals surface area contributed by atoms with Gasteiger partial charge in [0.05, 0.1) is 13.0 Å². The van der Waals surface area contributed by atoms with Crippen LogP contribution in [0.5, 0.6) is 0 Å². The Bertz CT molecular complexity index is 544. The SMILES string of the molecule is COC(=O)c1ccc(COC(=O)C2CCC(C(C)(C)C)CC2)o1. The molecule has 0 N–H and O–H groups in total. The van der Waals surface area contributed by atoms with Crippen LogP contribution in [0.3, 0.4) is 0 Å². The van der Waals surface area contributed by atoms with E-state index in [1.165, 1.54) is 13.2 Å². The average Bonchev–Trinajstić information content (AvgIpc) is 3.00. The standard InChI is InChI=1S/C18H26O5/c1-18(2,3)13-7-5-12(6-8-13)16(19)22-11-14-9-10-15(23-14)17(20)21-4/h9-10,12-13H,5-8,11H2,1-4H3. The molecule has 0 radical (unpaired) electrons. The van der Waals surface area contributed by atoms with Crippen molar-refractivity contribution in [3.8, 4) is 0 Å². The van der Waals surface area contributed by atoms with Crippen molar-refractivity contribution in [2.45, 2.75) is 53.1 Å². The fraction of sp³-hybridized carbons (Fsp3) is 0.667. The summed E-state index contributed by atoms with van der Waals surface area (Å²) >= 11 is 0. The quantitative estimate of drug-likeness (QED) is 0.785. The van der Waals surface area contributed by atoms with Crippen molar-refractivity contribution in [3.05, 3.63) is 23.7 Å². The molecule has 0 spiro atoms. The number of rotatable bonds is 4. The Morgan fingerprint density at radius 1 is 1.17 bits per heavy atom. The van der Waals surface area contributed by atoms with Crippen molar-refractivity contribution in [2.75, 3.05) is 7.11 Å². The molecule has 0 bridgehead atoms. The number of carbonyl (C=O) groups excluding carboxylic acids is 2. The molecule has 0 amide bonds. The Kier molecular flexibility index (Phi) is 5.50. The van der Waals surface area contributed by atoms with Crippen LogP contribution in [0.15, 0.2) is 16.5 Å². The first-order valence-electron chi connectivity index (χ1n) is 8.15. The van der Waals surface area contributed by atoms with Crippen LogP contribution in [-0.2, 0) is 20.9 Å². The zero-order valence-corrected chi connectivity index (χ0v) is 14.4. The molecule has 23 heavy (non-hydrogen) atoms. The van der Waals surface area contributed by atoms with E-state index in [4.69, 9.17) is 9.15 Å². The van der Waals surface area contributed by atoms with Gasteiger partial charge >= 0.3 is 11.9 Å². The van der Waals surface area contributed by atoms with Crippen LogP contribution in [-0.4, -0.2) is 19.0 Å². The van der Waals surface area contributed by atoms with Crippen LogP contribution in [0.2, 0.25) is 0 Å². The van der Waals surface area contributed by atoms with Crippen LogP contribution < -0.4 is 0 Å². The second-order valence-electron chi connectivity index (χ2n) is 7.28. The van der Waals surface area contributed by atoms with Crippen molar-refractivity contribution in [2.24, 2.45) is 17.3 Å². The maximum Gasteiger partial charge on any atom is 0.373 e. The third-order valence-corrected chi connectivity index (χ3v) is 4.69. The summed E-state index contributed by atoms with van der Waals surface area (Å²) < 4.78 is 15.2. The van der Waals surface area contributed by atoms with Crippen LogP contribution in [0.1, 0.15) is 62.8 Å². The minimum absolute atomic E-state index is 0.0244. The second kappa shape index (κ2) is 7.20. The third-order valence-electron chi connectivity index (χ3n) is 4.69. The molecule has 5 nitrogen and oxygen atoms in total. The maximum atomic E-state index is 12.2. The lowest BCUT2D eigenvalue weighted by molar-refractivity contribution is -0.152. The van der Waals surface area contributed by atoms with E-state index in [-0.39, 0.29) is 24.3 Å². The van der Waals surface area contributed by atoms with E-state index in [0.717, 1.165) is 25.7 Å². The van der Waals surface area contributed by atoms with E-state index >= 15 is 0 Å². The molecule has 1 aromatic heterocycles. The van der Waals surface area contributed by atoms with Gasteiger partial charge in [0.1, 0.15) is 12.4 Å². The van der Waals surface area contributed by atoms with Crippen LogP contribution in [0.4, 0.5) is 0 Å². The monoisotopic (exact) mass is 322 g/mol. The van der Waals surface area contributed by atoms with E-state index < -0.39 is 5.97 Å². The fourth-order valence-corrected chi connectivity index (χ4v) is 3.12. The van der Waals surface area contributed by atoms with Gasteiger partial charge in [-0.15, -0.1) is 0 Å². The summed E-state index contributed by atoms with van der Waals surface area (Å²) in [5.41, 5.74) is 0.299. The van der Waals surface area contributed by atoms with Gasteiger partial charge < -0.3 is 13.9 Å². The molecule has 0 aliphatic heterocycles. The number of esters is 2. The molecule has 1 heterocycles. The number of ether oxygens (including phenoxy) is 2. The Morgan fingerprint density at radius 3 is 2.39 bits per heavy atom. The average molecular weight is 322 g/mol. The smallest absolute Gasteiger partial charge is 0.373 e. The van der Waals surface area contributed by atoms with Gasteiger partial charge in [-0.25, -0.2) is 4.79 Å². The van der Waals surface area contributed by atoms with Gasteiger partial charge in [0, 0.05) is 0 Å². The predicted molar refractivity (Wildman–Crippen MR) is 84.7 cm³/mol. The molecule has 0 saturated heterocycles. The van der Waals surface area contributed by atoms with Crippen molar-refractivity contribution in [3.63, 3.8) is 0 Å². The molecule has 5 heteroatoms. The zero-order valence-electron chi connectivity index (χ0n) is 14.4. The Hall–Kier alpha value is -1.78. The second-order valence-corrected chi connectivity index (χ2v) is 7.28. The lowest BCUT2D eigenvalue weighted by atomic mass is 9.70. The van der Waals surface area contributed by atoms with Gasteiger partial charge in [-0.1, -0.05) is 20.8 Å². The molecule has 0 atom stereocenters. The van der Waals surface area contributed by atoms with Crippen molar-refractivity contribution >= 4 is 11.9 Å². The minimum atomic E-state index is -0.539. The lowest BCUT2D eigenvalue weighted by Gasteiger charge is -2.36. The zero-order chi connectivity index (χ0) is 17.0. The highest BCUT2D eigenvalue weighted by atomic mass is 16.6. The van der Waals surface area contributed by atoms with Crippen LogP contribution in [0.25, 0.3) is 0 Å². The molecule has 0 unspecified atom stereocenters. The first-order chi connectivity index (χ1) is 10.8. The van der Waals surface area contributed by atoms with Crippen LogP contribution >= 0.6 is 0 Å². The number of methoxy groups -OCH3 is 1. The molecule has 1 saturated carbocycles. The van der Waals surface area contributed by atoms with Crippen molar-refractivity contribution in [1.82, 2.24) is 0 Å². The highest BCUT2D eigenvalue weighted by Crippen LogP contribution is 2.40. The summed E-state index contributed by atoms with van der Waals surface area (Å²) in [5, 5.41) is 0. The topological polar surface area (TPSA) is 65.7 Å². The molecule has 1 fully saturated rings. The van der Waals surface area contributed by atoms with Crippen LogP contribution in [0, 0.1) is 17.3 Å². The molecule has 1 aromatic rings. The summed E-state index contributed by atoms with van der Waals surface area (Å²) in [5.74, 6) is 0.491. The fourth-order valence-electron chi connectivity index (χ4n) is 3.12. The van der Waals surface area contributed by atoms with Gasteiger partial charge in [-0.2, -0.15) is 0 Å².